The van der Waals surface area contributed by atoms with Gasteiger partial charge in [0.25, 0.3) is 11.6 Å². The van der Waals surface area contributed by atoms with Crippen LogP contribution in [-0.2, 0) is 0 Å². The van der Waals surface area contributed by atoms with E-state index in [-0.39, 0.29) is 17.0 Å². The number of hydrogen-bond acceptors (Lipinski definition) is 5. The SMILES string of the molecule is Cc1ccc(NC(=O)c2cncc(O)c2)cc1[N+](=O)[O-]. The third kappa shape index (κ3) is 2.89. The van der Waals surface area contributed by atoms with Crippen LogP contribution in [0.1, 0.15) is 15.9 Å². The first kappa shape index (κ1) is 13.5. The minimum absolute atomic E-state index is 0.0724. The molecule has 0 aliphatic rings. The van der Waals surface area contributed by atoms with Crippen molar-refractivity contribution >= 4 is 17.3 Å². The summed E-state index contributed by atoms with van der Waals surface area (Å²) in [6.07, 6.45) is 2.49. The number of aromatic hydroxyl groups is 1. The van der Waals surface area contributed by atoms with Gasteiger partial charge in [-0.25, -0.2) is 0 Å². The number of nitro groups is 1. The van der Waals surface area contributed by atoms with Crippen LogP contribution in [0.15, 0.2) is 36.7 Å². The van der Waals surface area contributed by atoms with Gasteiger partial charge in [-0.1, -0.05) is 6.07 Å². The number of amides is 1. The van der Waals surface area contributed by atoms with E-state index in [4.69, 9.17) is 0 Å². The molecule has 1 heterocycles. The molecular formula is C13H11N3O4. The monoisotopic (exact) mass is 273 g/mol. The van der Waals surface area contributed by atoms with E-state index in [1.807, 2.05) is 0 Å². The molecule has 0 saturated heterocycles. The second kappa shape index (κ2) is 5.35. The molecule has 0 spiro atoms. The van der Waals surface area contributed by atoms with Crippen molar-refractivity contribution in [3.05, 3.63) is 57.9 Å². The number of anilines is 1. The summed E-state index contributed by atoms with van der Waals surface area (Å²) in [7, 11) is 0. The van der Waals surface area contributed by atoms with Gasteiger partial charge < -0.3 is 10.4 Å². The highest BCUT2D eigenvalue weighted by Crippen LogP contribution is 2.22. The predicted octanol–water partition coefficient (Wildman–Crippen LogP) is 2.26. The summed E-state index contributed by atoms with van der Waals surface area (Å²) in [4.78, 5) is 25.9. The van der Waals surface area contributed by atoms with Gasteiger partial charge in [0, 0.05) is 23.5 Å². The van der Waals surface area contributed by atoms with Gasteiger partial charge in [-0.05, 0) is 19.1 Å². The van der Waals surface area contributed by atoms with Crippen LogP contribution in [0, 0.1) is 17.0 Å². The lowest BCUT2D eigenvalue weighted by Gasteiger charge is -2.06. The van der Waals surface area contributed by atoms with Crippen LogP contribution in [0.5, 0.6) is 5.75 Å². The van der Waals surface area contributed by atoms with E-state index < -0.39 is 10.8 Å². The first-order chi connectivity index (χ1) is 9.47. The minimum Gasteiger partial charge on any atom is -0.506 e. The van der Waals surface area contributed by atoms with Gasteiger partial charge in [-0.2, -0.15) is 0 Å². The highest BCUT2D eigenvalue weighted by Gasteiger charge is 2.13. The van der Waals surface area contributed by atoms with Gasteiger partial charge in [0.05, 0.1) is 16.7 Å². The van der Waals surface area contributed by atoms with E-state index >= 15 is 0 Å². The molecule has 1 aromatic heterocycles. The number of aryl methyl sites for hydroxylation is 1. The van der Waals surface area contributed by atoms with Gasteiger partial charge in [0.15, 0.2) is 0 Å². The Kier molecular flexibility index (Phi) is 3.60. The lowest BCUT2D eigenvalue weighted by molar-refractivity contribution is -0.385. The smallest absolute Gasteiger partial charge is 0.274 e. The van der Waals surface area contributed by atoms with Crippen molar-refractivity contribution in [2.45, 2.75) is 6.92 Å². The minimum atomic E-state index is -0.513. The molecule has 2 aromatic rings. The Balaban J connectivity index is 2.24. The Bertz CT molecular complexity index is 685. The van der Waals surface area contributed by atoms with Gasteiger partial charge >= 0.3 is 0 Å². The molecule has 0 radical (unpaired) electrons. The number of nitro benzene ring substituents is 1. The van der Waals surface area contributed by atoms with Gasteiger partial charge in [0.2, 0.25) is 0 Å². The Hall–Kier alpha value is -2.96. The molecule has 0 unspecified atom stereocenters. The Morgan fingerprint density at radius 3 is 2.75 bits per heavy atom. The molecule has 7 heteroatoms. The number of carbonyl (C=O) groups is 1. The van der Waals surface area contributed by atoms with Crippen molar-refractivity contribution in [1.82, 2.24) is 4.98 Å². The van der Waals surface area contributed by atoms with Crippen LogP contribution in [-0.4, -0.2) is 20.9 Å². The second-order valence-corrected chi connectivity index (χ2v) is 4.14. The Labute approximate surface area is 114 Å². The average molecular weight is 273 g/mol. The van der Waals surface area contributed by atoms with Crippen molar-refractivity contribution in [2.24, 2.45) is 0 Å². The summed E-state index contributed by atoms with van der Waals surface area (Å²) < 4.78 is 0. The summed E-state index contributed by atoms with van der Waals surface area (Å²) in [5.41, 5.74) is 0.896. The van der Waals surface area contributed by atoms with Crippen molar-refractivity contribution in [3.8, 4) is 5.75 Å². The van der Waals surface area contributed by atoms with Crippen LogP contribution >= 0.6 is 0 Å². The summed E-state index contributed by atoms with van der Waals surface area (Å²) in [6.45, 7) is 1.61. The van der Waals surface area contributed by atoms with Gasteiger partial charge in [-0.3, -0.25) is 19.9 Å². The number of pyridine rings is 1. The summed E-state index contributed by atoms with van der Waals surface area (Å²) in [5.74, 6) is -0.640. The molecule has 0 bridgehead atoms. The van der Waals surface area contributed by atoms with Crippen molar-refractivity contribution in [2.75, 3.05) is 5.32 Å². The Morgan fingerprint density at radius 1 is 1.35 bits per heavy atom. The molecule has 0 saturated carbocycles. The number of aromatic nitrogens is 1. The van der Waals surface area contributed by atoms with Gasteiger partial charge in [-0.15, -0.1) is 0 Å². The summed E-state index contributed by atoms with van der Waals surface area (Å²) in [6, 6.07) is 5.65. The number of nitrogens with one attached hydrogen (secondary N) is 1. The molecule has 0 fully saturated rings. The number of nitrogens with zero attached hydrogens (tertiary/aromatic N) is 2. The van der Waals surface area contributed by atoms with Crippen LogP contribution < -0.4 is 5.32 Å². The molecule has 0 atom stereocenters. The van der Waals surface area contributed by atoms with E-state index in [0.29, 0.717) is 11.3 Å². The molecule has 1 amide bonds. The molecule has 0 aliphatic carbocycles. The third-order valence-electron chi connectivity index (χ3n) is 2.65. The molecule has 7 nitrogen and oxygen atoms in total. The number of benzene rings is 1. The molecule has 0 aliphatic heterocycles. The van der Waals surface area contributed by atoms with E-state index in [9.17, 15) is 20.0 Å². The number of carbonyl (C=O) groups excluding carboxylic acids is 1. The second-order valence-electron chi connectivity index (χ2n) is 4.14. The van der Waals surface area contributed by atoms with Crippen LogP contribution in [0.25, 0.3) is 0 Å². The zero-order valence-corrected chi connectivity index (χ0v) is 10.5. The summed E-state index contributed by atoms with van der Waals surface area (Å²) >= 11 is 0. The first-order valence-electron chi connectivity index (χ1n) is 5.68. The predicted molar refractivity (Wildman–Crippen MR) is 71.7 cm³/mol. The maximum absolute atomic E-state index is 11.9. The normalized spacial score (nSPS) is 10.1. The maximum Gasteiger partial charge on any atom is 0.274 e. The quantitative estimate of drug-likeness (QED) is 0.659. The molecule has 2 rings (SSSR count). The lowest BCUT2D eigenvalue weighted by atomic mass is 10.1. The topological polar surface area (TPSA) is 105 Å². The molecule has 2 N–H and O–H groups in total. The van der Waals surface area contributed by atoms with E-state index in [1.54, 1.807) is 19.1 Å². The largest absolute Gasteiger partial charge is 0.506 e. The fourth-order valence-electron chi connectivity index (χ4n) is 1.64. The van der Waals surface area contributed by atoms with Crippen molar-refractivity contribution in [3.63, 3.8) is 0 Å². The highest BCUT2D eigenvalue weighted by atomic mass is 16.6. The molecule has 1 aromatic carbocycles. The first-order valence-corrected chi connectivity index (χ1v) is 5.68. The van der Waals surface area contributed by atoms with Crippen LogP contribution in [0.3, 0.4) is 0 Å². The zero-order chi connectivity index (χ0) is 14.7. The third-order valence-corrected chi connectivity index (χ3v) is 2.65. The van der Waals surface area contributed by atoms with E-state index in [0.717, 1.165) is 0 Å². The maximum atomic E-state index is 11.9. The van der Waals surface area contributed by atoms with Gasteiger partial charge in [0.1, 0.15) is 5.75 Å². The van der Waals surface area contributed by atoms with Crippen LogP contribution in [0.4, 0.5) is 11.4 Å². The highest BCUT2D eigenvalue weighted by molar-refractivity contribution is 6.04. The molecule has 20 heavy (non-hydrogen) atoms. The summed E-state index contributed by atoms with van der Waals surface area (Å²) in [5, 5.41) is 22.6. The van der Waals surface area contributed by atoms with E-state index in [1.165, 1.54) is 24.5 Å². The van der Waals surface area contributed by atoms with Crippen molar-refractivity contribution < 1.29 is 14.8 Å². The number of hydrogen-bond donors (Lipinski definition) is 2. The Morgan fingerprint density at radius 2 is 2.10 bits per heavy atom. The van der Waals surface area contributed by atoms with Crippen LogP contribution in [0.2, 0.25) is 0 Å². The molecular weight excluding hydrogens is 262 g/mol. The van der Waals surface area contributed by atoms with Crippen molar-refractivity contribution in [1.29, 1.82) is 0 Å². The molecule has 102 valence electrons. The fraction of sp³-hybridized carbons (Fsp3) is 0.0769. The standard InChI is InChI=1S/C13H11N3O4/c1-8-2-3-10(5-12(8)16(19)20)15-13(18)9-4-11(17)7-14-6-9/h2-7,17H,1H3,(H,15,18). The number of rotatable bonds is 3. The van der Waals surface area contributed by atoms with E-state index in [2.05, 4.69) is 10.3 Å². The fourth-order valence-corrected chi connectivity index (χ4v) is 1.64. The lowest BCUT2D eigenvalue weighted by Crippen LogP contribution is -2.12. The average Bonchev–Trinajstić information content (AvgIpc) is 2.40. The zero-order valence-electron chi connectivity index (χ0n) is 10.5.